The van der Waals surface area contributed by atoms with Gasteiger partial charge in [-0.1, -0.05) is 24.3 Å². The number of aromatic nitrogens is 2. The summed E-state index contributed by atoms with van der Waals surface area (Å²) < 4.78 is 0. The van der Waals surface area contributed by atoms with Crippen molar-refractivity contribution in [1.82, 2.24) is 10.2 Å². The highest BCUT2D eigenvalue weighted by molar-refractivity contribution is 5.91. The molecule has 2 aromatic carbocycles. The Morgan fingerprint density at radius 1 is 1.09 bits per heavy atom. The van der Waals surface area contributed by atoms with Crippen LogP contribution >= 0.6 is 0 Å². The van der Waals surface area contributed by atoms with Gasteiger partial charge < -0.3 is 5.32 Å². The summed E-state index contributed by atoms with van der Waals surface area (Å²) in [6, 6.07) is 14.2. The van der Waals surface area contributed by atoms with Gasteiger partial charge in [0.2, 0.25) is 0 Å². The molecule has 0 fully saturated rings. The van der Waals surface area contributed by atoms with Gasteiger partial charge in [-0.15, -0.1) is 5.10 Å². The maximum absolute atomic E-state index is 9.05. The topological polar surface area (TPSA) is 61.6 Å². The fourth-order valence-corrected chi connectivity index (χ4v) is 2.56. The standard InChI is InChI=1S/C19H18N4/c1-13-3-4-15(9-14(13)2)7-8-21-19-18-10-16(11-20)5-6-17(18)12-22-23-19/h3-6,9-10,12H,7-8H2,1-2H3,(H,21,23). The lowest BCUT2D eigenvalue weighted by Crippen LogP contribution is -2.07. The molecule has 0 radical (unpaired) electrons. The number of benzene rings is 2. The van der Waals surface area contributed by atoms with E-state index in [2.05, 4.69) is 53.6 Å². The van der Waals surface area contributed by atoms with Gasteiger partial charge in [0.1, 0.15) is 0 Å². The zero-order valence-electron chi connectivity index (χ0n) is 13.3. The van der Waals surface area contributed by atoms with E-state index in [4.69, 9.17) is 5.26 Å². The van der Waals surface area contributed by atoms with Crippen LogP contribution in [-0.4, -0.2) is 16.7 Å². The van der Waals surface area contributed by atoms with Crippen LogP contribution in [0, 0.1) is 25.2 Å². The van der Waals surface area contributed by atoms with Gasteiger partial charge in [0.05, 0.1) is 17.8 Å². The minimum absolute atomic E-state index is 0.628. The lowest BCUT2D eigenvalue weighted by Gasteiger charge is -2.09. The third-order valence-electron chi connectivity index (χ3n) is 4.07. The third-order valence-corrected chi connectivity index (χ3v) is 4.07. The Morgan fingerprint density at radius 3 is 2.74 bits per heavy atom. The molecule has 0 aliphatic rings. The summed E-state index contributed by atoms with van der Waals surface area (Å²) in [7, 11) is 0. The number of anilines is 1. The molecule has 0 atom stereocenters. The summed E-state index contributed by atoms with van der Waals surface area (Å²) in [4.78, 5) is 0. The second-order valence-electron chi connectivity index (χ2n) is 5.70. The summed E-state index contributed by atoms with van der Waals surface area (Å²) in [6.45, 7) is 5.02. The van der Waals surface area contributed by atoms with E-state index in [9.17, 15) is 0 Å². The molecule has 3 rings (SSSR count). The second-order valence-corrected chi connectivity index (χ2v) is 5.70. The maximum Gasteiger partial charge on any atom is 0.156 e. The van der Waals surface area contributed by atoms with E-state index < -0.39 is 0 Å². The quantitative estimate of drug-likeness (QED) is 0.797. The maximum atomic E-state index is 9.05. The second kappa shape index (κ2) is 6.45. The monoisotopic (exact) mass is 302 g/mol. The summed E-state index contributed by atoms with van der Waals surface area (Å²) >= 11 is 0. The van der Waals surface area contributed by atoms with Gasteiger partial charge in [0.25, 0.3) is 0 Å². The molecule has 23 heavy (non-hydrogen) atoms. The number of hydrogen-bond acceptors (Lipinski definition) is 4. The first-order valence-corrected chi connectivity index (χ1v) is 7.63. The number of rotatable bonds is 4. The van der Waals surface area contributed by atoms with Crippen LogP contribution in [0.5, 0.6) is 0 Å². The summed E-state index contributed by atoms with van der Waals surface area (Å²) in [6.07, 6.45) is 2.63. The molecule has 4 nitrogen and oxygen atoms in total. The normalized spacial score (nSPS) is 10.5. The molecule has 3 aromatic rings. The van der Waals surface area contributed by atoms with Crippen LogP contribution in [0.4, 0.5) is 5.82 Å². The van der Waals surface area contributed by atoms with Crippen molar-refractivity contribution in [1.29, 1.82) is 5.26 Å². The molecule has 0 aliphatic carbocycles. The molecule has 0 spiro atoms. The van der Waals surface area contributed by atoms with Crippen LogP contribution in [-0.2, 0) is 6.42 Å². The van der Waals surface area contributed by atoms with Crippen LogP contribution in [0.15, 0.2) is 42.6 Å². The third kappa shape index (κ3) is 3.29. The Morgan fingerprint density at radius 2 is 1.96 bits per heavy atom. The molecule has 0 aliphatic heterocycles. The van der Waals surface area contributed by atoms with E-state index in [0.29, 0.717) is 5.56 Å². The van der Waals surface area contributed by atoms with E-state index in [1.165, 1.54) is 16.7 Å². The molecule has 0 amide bonds. The molecule has 0 saturated carbocycles. The molecule has 4 heteroatoms. The number of aryl methyl sites for hydroxylation is 2. The molecule has 114 valence electrons. The van der Waals surface area contributed by atoms with E-state index in [-0.39, 0.29) is 0 Å². The summed E-state index contributed by atoms with van der Waals surface area (Å²) in [5, 5.41) is 22.5. The number of nitriles is 1. The van der Waals surface area contributed by atoms with Crippen molar-refractivity contribution in [3.05, 3.63) is 64.8 Å². The van der Waals surface area contributed by atoms with Crippen molar-refractivity contribution in [2.24, 2.45) is 0 Å². The molecule has 0 unspecified atom stereocenters. The Kier molecular flexibility index (Phi) is 4.20. The first kappa shape index (κ1) is 15.0. The van der Waals surface area contributed by atoms with E-state index in [0.717, 1.165) is 29.6 Å². The molecular weight excluding hydrogens is 284 g/mol. The van der Waals surface area contributed by atoms with Crippen molar-refractivity contribution < 1.29 is 0 Å². The van der Waals surface area contributed by atoms with Crippen LogP contribution in [0.1, 0.15) is 22.3 Å². The fourth-order valence-electron chi connectivity index (χ4n) is 2.56. The molecule has 0 saturated heterocycles. The van der Waals surface area contributed by atoms with Crippen molar-refractivity contribution in [2.75, 3.05) is 11.9 Å². The van der Waals surface area contributed by atoms with Gasteiger partial charge >= 0.3 is 0 Å². The predicted molar refractivity (Wildman–Crippen MR) is 92.4 cm³/mol. The van der Waals surface area contributed by atoms with Gasteiger partial charge in [0.15, 0.2) is 5.82 Å². The first-order valence-electron chi connectivity index (χ1n) is 7.63. The first-order chi connectivity index (χ1) is 11.2. The van der Waals surface area contributed by atoms with Crippen LogP contribution in [0.3, 0.4) is 0 Å². The summed E-state index contributed by atoms with van der Waals surface area (Å²) in [5.74, 6) is 0.725. The zero-order valence-corrected chi connectivity index (χ0v) is 13.3. The highest BCUT2D eigenvalue weighted by Crippen LogP contribution is 2.21. The van der Waals surface area contributed by atoms with Crippen LogP contribution in [0.2, 0.25) is 0 Å². The average molecular weight is 302 g/mol. The van der Waals surface area contributed by atoms with E-state index >= 15 is 0 Å². The van der Waals surface area contributed by atoms with Crippen LogP contribution in [0.25, 0.3) is 10.8 Å². The Labute approximate surface area is 135 Å². The van der Waals surface area contributed by atoms with E-state index in [1.807, 2.05) is 12.1 Å². The van der Waals surface area contributed by atoms with Crippen molar-refractivity contribution in [3.63, 3.8) is 0 Å². The molecule has 1 aromatic heterocycles. The van der Waals surface area contributed by atoms with Gasteiger partial charge in [-0.3, -0.25) is 0 Å². The molecule has 0 bridgehead atoms. The Bertz CT molecular complexity index is 894. The highest BCUT2D eigenvalue weighted by atomic mass is 15.2. The largest absolute Gasteiger partial charge is 0.368 e. The minimum Gasteiger partial charge on any atom is -0.368 e. The van der Waals surface area contributed by atoms with Crippen molar-refractivity contribution in [3.8, 4) is 6.07 Å². The van der Waals surface area contributed by atoms with E-state index in [1.54, 1.807) is 12.3 Å². The number of fused-ring (bicyclic) bond motifs is 1. The van der Waals surface area contributed by atoms with Gasteiger partial charge in [-0.25, -0.2) is 0 Å². The SMILES string of the molecule is Cc1ccc(CCNc2nncc3ccc(C#N)cc23)cc1C. The highest BCUT2D eigenvalue weighted by Gasteiger charge is 2.05. The minimum atomic E-state index is 0.628. The lowest BCUT2D eigenvalue weighted by atomic mass is 10.0. The molecule has 1 heterocycles. The van der Waals surface area contributed by atoms with Crippen LogP contribution < -0.4 is 5.32 Å². The lowest BCUT2D eigenvalue weighted by molar-refractivity contribution is 0.974. The predicted octanol–water partition coefficient (Wildman–Crippen LogP) is 3.77. The van der Waals surface area contributed by atoms with Crippen molar-refractivity contribution >= 4 is 16.6 Å². The Hall–Kier alpha value is -2.93. The number of nitrogens with one attached hydrogen (secondary N) is 1. The number of nitrogens with zero attached hydrogens (tertiary/aromatic N) is 3. The van der Waals surface area contributed by atoms with Gasteiger partial charge in [0, 0.05) is 17.3 Å². The van der Waals surface area contributed by atoms with Gasteiger partial charge in [-0.2, -0.15) is 10.4 Å². The fraction of sp³-hybridized carbons (Fsp3) is 0.211. The Balaban J connectivity index is 1.76. The van der Waals surface area contributed by atoms with Gasteiger partial charge in [-0.05, 0) is 49.1 Å². The smallest absolute Gasteiger partial charge is 0.156 e. The number of hydrogen-bond donors (Lipinski definition) is 1. The van der Waals surface area contributed by atoms with Crippen molar-refractivity contribution in [2.45, 2.75) is 20.3 Å². The zero-order chi connectivity index (χ0) is 16.2. The summed E-state index contributed by atoms with van der Waals surface area (Å²) in [5.41, 5.74) is 4.55. The molecular formula is C19H18N4. The molecule has 1 N–H and O–H groups in total. The average Bonchev–Trinajstić information content (AvgIpc) is 2.58.